The van der Waals surface area contributed by atoms with Gasteiger partial charge in [-0.3, -0.25) is 4.57 Å². The molecular weight excluding hydrogens is 255 g/mol. The van der Waals surface area contributed by atoms with E-state index < -0.39 is 13.9 Å². The van der Waals surface area contributed by atoms with Crippen molar-refractivity contribution >= 4 is 7.60 Å². The predicted molar refractivity (Wildman–Crippen MR) is 71.9 cm³/mol. The molecule has 0 heterocycles. The first-order valence-corrected chi connectivity index (χ1v) is 8.12. The average Bonchev–Trinajstić information content (AvgIpc) is 2.30. The standard InChI is InChI=1S/C12H25O5P/c1-5-14-12(15-6-2)10-9-11-18(13,16-7-3)17-8-4/h9-10,12H,5-8,11H2,1-4H3/b10-9+. The predicted octanol–water partition coefficient (Wildman–Crippen LogP) is 3.21. The minimum atomic E-state index is -3.01. The normalized spacial score (nSPS) is 12.7. The van der Waals surface area contributed by atoms with Gasteiger partial charge < -0.3 is 18.5 Å². The lowest BCUT2D eigenvalue weighted by Crippen LogP contribution is -2.14. The van der Waals surface area contributed by atoms with Crippen molar-refractivity contribution in [2.75, 3.05) is 32.6 Å². The molecule has 0 bridgehead atoms. The molecule has 0 atom stereocenters. The maximum atomic E-state index is 12.1. The lowest BCUT2D eigenvalue weighted by molar-refractivity contribution is -0.103. The molecule has 5 nitrogen and oxygen atoms in total. The van der Waals surface area contributed by atoms with Crippen LogP contribution in [0, 0.1) is 0 Å². The molecule has 0 aromatic carbocycles. The lowest BCUT2D eigenvalue weighted by Gasteiger charge is -2.16. The Morgan fingerprint density at radius 2 is 1.44 bits per heavy atom. The molecule has 0 aromatic rings. The number of hydrogen-bond donors (Lipinski definition) is 0. The van der Waals surface area contributed by atoms with Crippen LogP contribution >= 0.6 is 7.60 Å². The summed E-state index contributed by atoms with van der Waals surface area (Å²) in [4.78, 5) is 0. The Morgan fingerprint density at radius 3 is 1.83 bits per heavy atom. The van der Waals surface area contributed by atoms with Gasteiger partial charge in [0.1, 0.15) is 0 Å². The number of ether oxygens (including phenoxy) is 2. The summed E-state index contributed by atoms with van der Waals surface area (Å²) in [6, 6.07) is 0. The molecule has 0 aliphatic rings. The summed E-state index contributed by atoms with van der Waals surface area (Å²) >= 11 is 0. The van der Waals surface area contributed by atoms with E-state index in [1.807, 2.05) is 13.8 Å². The fourth-order valence-electron chi connectivity index (χ4n) is 1.32. The van der Waals surface area contributed by atoms with Crippen LogP contribution in [-0.4, -0.2) is 38.9 Å². The largest absolute Gasteiger partial charge is 0.349 e. The third-order valence-corrected chi connectivity index (χ3v) is 3.90. The SMILES string of the molecule is CCOC(/C=C/CP(=O)(OCC)OCC)OCC. The van der Waals surface area contributed by atoms with Gasteiger partial charge in [0.05, 0.1) is 19.4 Å². The Labute approximate surface area is 110 Å². The number of hydrogen-bond acceptors (Lipinski definition) is 5. The topological polar surface area (TPSA) is 54.0 Å². The summed E-state index contributed by atoms with van der Waals surface area (Å²) < 4.78 is 33.2. The van der Waals surface area contributed by atoms with E-state index in [0.717, 1.165) is 0 Å². The van der Waals surface area contributed by atoms with E-state index in [1.165, 1.54) is 0 Å². The molecule has 0 spiro atoms. The summed E-state index contributed by atoms with van der Waals surface area (Å²) in [7, 11) is -3.01. The third-order valence-electron chi connectivity index (χ3n) is 1.94. The van der Waals surface area contributed by atoms with Gasteiger partial charge in [0.2, 0.25) is 0 Å². The van der Waals surface area contributed by atoms with Crippen molar-refractivity contribution in [2.24, 2.45) is 0 Å². The quantitative estimate of drug-likeness (QED) is 0.330. The molecule has 0 aromatic heterocycles. The van der Waals surface area contributed by atoms with Crippen molar-refractivity contribution in [1.29, 1.82) is 0 Å². The first kappa shape index (κ1) is 17.8. The zero-order chi connectivity index (χ0) is 13.9. The molecule has 6 heteroatoms. The van der Waals surface area contributed by atoms with Crippen LogP contribution in [0.2, 0.25) is 0 Å². The summed E-state index contributed by atoms with van der Waals surface area (Å²) in [6.45, 7) is 9.22. The monoisotopic (exact) mass is 280 g/mol. The fourth-order valence-corrected chi connectivity index (χ4v) is 2.78. The molecule has 0 N–H and O–H groups in total. The molecular formula is C12H25O5P. The zero-order valence-electron chi connectivity index (χ0n) is 11.8. The van der Waals surface area contributed by atoms with Gasteiger partial charge in [-0.05, 0) is 33.8 Å². The van der Waals surface area contributed by atoms with Gasteiger partial charge in [-0.15, -0.1) is 0 Å². The lowest BCUT2D eigenvalue weighted by atomic mass is 10.5. The highest BCUT2D eigenvalue weighted by Gasteiger charge is 2.21. The molecule has 0 fully saturated rings. The van der Waals surface area contributed by atoms with Crippen LogP contribution < -0.4 is 0 Å². The second kappa shape index (κ2) is 10.7. The van der Waals surface area contributed by atoms with Gasteiger partial charge in [0.25, 0.3) is 0 Å². The summed E-state index contributed by atoms with van der Waals surface area (Å²) in [5.74, 6) is 0. The molecule has 108 valence electrons. The van der Waals surface area contributed by atoms with E-state index in [-0.39, 0.29) is 6.16 Å². The van der Waals surface area contributed by atoms with Crippen molar-refractivity contribution in [3.05, 3.63) is 12.2 Å². The maximum Gasteiger partial charge on any atom is 0.334 e. The Balaban J connectivity index is 4.33. The molecule has 0 radical (unpaired) electrons. The smallest absolute Gasteiger partial charge is 0.334 e. The highest BCUT2D eigenvalue weighted by molar-refractivity contribution is 7.54. The van der Waals surface area contributed by atoms with Crippen molar-refractivity contribution in [3.8, 4) is 0 Å². The number of rotatable bonds is 11. The fraction of sp³-hybridized carbons (Fsp3) is 0.833. The van der Waals surface area contributed by atoms with Crippen molar-refractivity contribution in [3.63, 3.8) is 0 Å². The van der Waals surface area contributed by atoms with Gasteiger partial charge in [-0.1, -0.05) is 6.08 Å². The second-order valence-corrected chi connectivity index (χ2v) is 5.44. The van der Waals surface area contributed by atoms with Crippen LogP contribution in [-0.2, 0) is 23.1 Å². The van der Waals surface area contributed by atoms with Gasteiger partial charge in [-0.2, -0.15) is 0 Å². The van der Waals surface area contributed by atoms with E-state index in [2.05, 4.69) is 0 Å². The molecule has 0 aliphatic heterocycles. The van der Waals surface area contributed by atoms with Crippen LogP contribution in [0.15, 0.2) is 12.2 Å². The van der Waals surface area contributed by atoms with E-state index in [1.54, 1.807) is 26.0 Å². The Morgan fingerprint density at radius 1 is 0.944 bits per heavy atom. The Hall–Kier alpha value is -0.190. The minimum Gasteiger partial charge on any atom is -0.349 e. The van der Waals surface area contributed by atoms with Crippen LogP contribution in [0.4, 0.5) is 0 Å². The van der Waals surface area contributed by atoms with Crippen molar-refractivity contribution in [1.82, 2.24) is 0 Å². The van der Waals surface area contributed by atoms with Crippen LogP contribution in [0.5, 0.6) is 0 Å². The summed E-state index contributed by atoms with van der Waals surface area (Å²) in [6.07, 6.45) is 3.28. The molecule has 18 heavy (non-hydrogen) atoms. The average molecular weight is 280 g/mol. The highest BCUT2D eigenvalue weighted by Crippen LogP contribution is 2.47. The molecule has 0 rings (SSSR count). The summed E-state index contributed by atoms with van der Waals surface area (Å²) in [5, 5.41) is 0. The minimum absolute atomic E-state index is 0.228. The van der Waals surface area contributed by atoms with E-state index in [0.29, 0.717) is 26.4 Å². The van der Waals surface area contributed by atoms with Gasteiger partial charge >= 0.3 is 7.60 Å². The van der Waals surface area contributed by atoms with Crippen molar-refractivity contribution in [2.45, 2.75) is 34.0 Å². The molecule has 0 unspecified atom stereocenters. The molecule has 0 amide bonds. The maximum absolute atomic E-state index is 12.1. The first-order chi connectivity index (χ1) is 8.61. The highest BCUT2D eigenvalue weighted by atomic mass is 31.2. The van der Waals surface area contributed by atoms with E-state index >= 15 is 0 Å². The van der Waals surface area contributed by atoms with Gasteiger partial charge in [0, 0.05) is 13.2 Å². The van der Waals surface area contributed by atoms with Crippen LogP contribution in [0.25, 0.3) is 0 Å². The second-order valence-electron chi connectivity index (χ2n) is 3.34. The van der Waals surface area contributed by atoms with Crippen LogP contribution in [0.1, 0.15) is 27.7 Å². The molecule has 0 saturated heterocycles. The third kappa shape index (κ3) is 8.01. The molecule has 0 saturated carbocycles. The van der Waals surface area contributed by atoms with E-state index in [4.69, 9.17) is 18.5 Å². The van der Waals surface area contributed by atoms with E-state index in [9.17, 15) is 4.57 Å². The summed E-state index contributed by atoms with van der Waals surface area (Å²) in [5.41, 5.74) is 0. The zero-order valence-corrected chi connectivity index (χ0v) is 12.7. The van der Waals surface area contributed by atoms with Gasteiger partial charge in [-0.25, -0.2) is 0 Å². The first-order valence-electron chi connectivity index (χ1n) is 6.39. The molecule has 0 aliphatic carbocycles. The Kier molecular flexibility index (Phi) is 10.6. The Bertz CT molecular complexity index is 251. The van der Waals surface area contributed by atoms with Crippen molar-refractivity contribution < 1.29 is 23.1 Å². The van der Waals surface area contributed by atoms with Crippen LogP contribution in [0.3, 0.4) is 0 Å². The van der Waals surface area contributed by atoms with Gasteiger partial charge in [0.15, 0.2) is 6.29 Å². The number of allylic oxidation sites excluding steroid dienone is 1.